The first-order valence-corrected chi connectivity index (χ1v) is 50.2. The summed E-state index contributed by atoms with van der Waals surface area (Å²) in [6.45, 7) is 60.7. The molecule has 5 aromatic rings. The Balaban J connectivity index is 0.000000227. The molecule has 2 saturated heterocycles. The van der Waals surface area contributed by atoms with Gasteiger partial charge in [-0.05, 0) is 148 Å². The minimum Gasteiger partial charge on any atom is -0.510 e. The van der Waals surface area contributed by atoms with E-state index in [4.69, 9.17) is 59.7 Å². The lowest BCUT2D eigenvalue weighted by molar-refractivity contribution is -0.289. The van der Waals surface area contributed by atoms with Gasteiger partial charge in [0.1, 0.15) is 52.2 Å². The summed E-state index contributed by atoms with van der Waals surface area (Å²) >= 11 is 0. The zero-order valence-electron chi connectivity index (χ0n) is 74.9. The SMILES string of the molecule is CC(=O)OC1C(C)OC(C)CC1(C)O.CC(=O)OC1C(C)OC(O[C@H]2C[C@H](O[Si](C)(C)C(C)(C)C)C(=O)c3c2c(CO)c2cc(C)c(C=O)c4c2c3O[Si](C(C)(C)C)(C(C)(C)C)O4)CC1(C)O.COc1ccc(CO[C@H]2C[C@H](O[Si](C)(C)C(C)(C)C)C(=O)c3c2c(CO)c2cc(C)c(C=O)c4c2c3O[Si](C(C)(C)C)(C(C)(C)C)O4)cc1. The van der Waals surface area contributed by atoms with Crippen molar-refractivity contribution in [1.29, 1.82) is 0 Å². The van der Waals surface area contributed by atoms with Gasteiger partial charge in [0.25, 0.3) is 0 Å². The summed E-state index contributed by atoms with van der Waals surface area (Å²) in [4.78, 5) is 78.5. The van der Waals surface area contributed by atoms with Gasteiger partial charge in [-0.25, -0.2) is 0 Å². The quantitative estimate of drug-likeness (QED) is 0.0405. The Labute approximate surface area is 691 Å². The molecule has 4 N–H and O–H groups in total. The molecule has 6 aliphatic rings. The Morgan fingerprint density at radius 3 is 1.25 bits per heavy atom. The molecule has 2 aliphatic carbocycles. The predicted molar refractivity (Wildman–Crippen MR) is 455 cm³/mol. The van der Waals surface area contributed by atoms with Gasteiger partial charge < -0.3 is 80.1 Å². The number of hydrogen-bond acceptors (Lipinski definition) is 23. The van der Waals surface area contributed by atoms with Crippen molar-refractivity contribution in [3.05, 3.63) is 97.6 Å². The van der Waals surface area contributed by atoms with Crippen molar-refractivity contribution in [2.24, 2.45) is 0 Å². The van der Waals surface area contributed by atoms with Gasteiger partial charge in [-0.2, -0.15) is 0 Å². The number of carbonyl (C=O) groups is 6. The number of hydrogen-bond donors (Lipinski definition) is 4. The van der Waals surface area contributed by atoms with Gasteiger partial charge in [-0.15, -0.1) is 0 Å². The normalized spacial score (nSPS) is 25.9. The number of aldehydes is 2. The van der Waals surface area contributed by atoms with Crippen molar-refractivity contribution in [2.75, 3.05) is 7.11 Å². The monoisotopic (exact) mass is 1680 g/mol. The molecule has 8 unspecified atom stereocenters. The molecule has 0 bridgehead atoms. The number of esters is 2. The van der Waals surface area contributed by atoms with Crippen molar-refractivity contribution in [3.8, 4) is 28.7 Å². The van der Waals surface area contributed by atoms with Gasteiger partial charge in [0.2, 0.25) is 0 Å². The van der Waals surface area contributed by atoms with Crippen LogP contribution in [0.5, 0.6) is 28.7 Å². The lowest BCUT2D eigenvalue weighted by atomic mass is 9.79. The van der Waals surface area contributed by atoms with Crippen molar-refractivity contribution >= 4 is 91.4 Å². The standard InChI is InChI=1S/C40H60O11Si2.C39H54O8Si2.C10H18O4/c1-21-16-24-26(20-42)30-27(48-29-18-40(13,45)36(22(2)46-29)47-23(3)43)17-28(49-52(14,15)37(4,5)6)33(44)32(30)35-31(24)34(25(21)19-41)50-53(51-35,38(7,8)9)39(10,11)12;1-23-18-26-28(21-41)31-29(44-22-24-14-16-25(43-11)17-15-24)19-30(45-48(12,13)37(2,3)4)34(42)33(31)36-32(26)35(27(23)20-40)46-49(47-36,38(5,6)7)39(8,9)10;1-6-5-10(4,12)9(7(2)13-6)14-8(3)11/h16,19,22,27-29,36,42,45H,17-18,20H2,1-15H3;14-18,20,29-30,41H,19,21-22H2,1-13H3;6-7,9,12H,5H2,1-4H3/t22?,27-,28-,29?,36?,40?;29-,30-;/m00./s1. The van der Waals surface area contributed by atoms with E-state index in [1.165, 1.54) is 13.8 Å². The summed E-state index contributed by atoms with van der Waals surface area (Å²) in [7, 11) is -10.2. The second-order valence-electron chi connectivity index (χ2n) is 40.4. The van der Waals surface area contributed by atoms with Crippen LogP contribution in [0.1, 0.15) is 291 Å². The van der Waals surface area contributed by atoms with Gasteiger partial charge in [-0.3, -0.25) is 28.8 Å². The maximum Gasteiger partial charge on any atom is 0.471 e. The Hall–Kier alpha value is -6.29. The third kappa shape index (κ3) is 17.5. The molecule has 0 amide bonds. The number of aliphatic hydroxyl groups is 4. The molecule has 11 rings (SSSR count). The van der Waals surface area contributed by atoms with Crippen molar-refractivity contribution in [2.45, 2.75) is 361 Å². The zero-order valence-corrected chi connectivity index (χ0v) is 78.9. The number of methoxy groups -OCH3 is 1. The number of benzene rings is 5. The summed E-state index contributed by atoms with van der Waals surface area (Å²) in [5.41, 5.74) is 3.35. The third-order valence-corrected chi connectivity index (χ3v) is 43.9. The Bertz CT molecular complexity index is 4550. The molecule has 4 aliphatic heterocycles. The van der Waals surface area contributed by atoms with E-state index in [1.807, 2.05) is 57.2 Å². The summed E-state index contributed by atoms with van der Waals surface area (Å²) in [6, 6.07) is 11.4. The van der Waals surface area contributed by atoms with E-state index in [-0.39, 0.29) is 71.4 Å². The first kappa shape index (κ1) is 93.6. The lowest BCUT2D eigenvalue weighted by Crippen LogP contribution is -2.63. The molecule has 0 spiro atoms. The zero-order chi connectivity index (χ0) is 87.4. The van der Waals surface area contributed by atoms with Crippen LogP contribution in [0.15, 0.2) is 36.4 Å². The number of ketones is 2. The minimum atomic E-state index is -3.46. The maximum atomic E-state index is 15.2. The molecule has 27 heteroatoms. The molecule has 4 heterocycles. The van der Waals surface area contributed by atoms with Gasteiger partial charge >= 0.3 is 29.1 Å². The summed E-state index contributed by atoms with van der Waals surface area (Å²) in [6.07, 6.45) is -4.14. The van der Waals surface area contributed by atoms with Gasteiger partial charge in [-0.1, -0.05) is 137 Å². The van der Waals surface area contributed by atoms with Crippen molar-refractivity contribution < 1.29 is 109 Å². The van der Waals surface area contributed by atoms with E-state index in [1.54, 1.807) is 34.8 Å². The first-order chi connectivity index (χ1) is 53.1. The van der Waals surface area contributed by atoms with Gasteiger partial charge in [0.05, 0.1) is 90.5 Å². The van der Waals surface area contributed by atoms with Crippen LogP contribution in [0, 0.1) is 13.8 Å². The lowest BCUT2D eigenvalue weighted by Gasteiger charge is -2.51. The molecule has 12 atom stereocenters. The topological polar surface area (TPSA) is 303 Å². The maximum absolute atomic E-state index is 15.2. The molecule has 0 radical (unpaired) electrons. The second kappa shape index (κ2) is 32.9. The van der Waals surface area contributed by atoms with E-state index < -0.39 is 127 Å². The number of carbonyl (C=O) groups excluding carboxylic acids is 6. The van der Waals surface area contributed by atoms with Crippen molar-refractivity contribution in [1.82, 2.24) is 0 Å². The number of rotatable bonds is 16. The van der Waals surface area contributed by atoms with Crippen LogP contribution in [0.2, 0.25) is 56.4 Å². The highest BCUT2D eigenvalue weighted by atomic mass is 28.4. The highest BCUT2D eigenvalue weighted by Gasteiger charge is 2.67. The first-order valence-electron chi connectivity index (χ1n) is 40.7. The Morgan fingerprint density at radius 1 is 0.552 bits per heavy atom. The second-order valence-corrected chi connectivity index (χ2v) is 59.2. The van der Waals surface area contributed by atoms with E-state index in [0.29, 0.717) is 102 Å². The van der Waals surface area contributed by atoms with Crippen LogP contribution in [-0.4, -0.2) is 158 Å². The smallest absolute Gasteiger partial charge is 0.471 e. The predicted octanol–water partition coefficient (Wildman–Crippen LogP) is 18.5. The average Bonchev–Trinajstić information content (AvgIpc) is 0.692. The largest absolute Gasteiger partial charge is 0.510 e. The van der Waals surface area contributed by atoms with Crippen LogP contribution in [0.4, 0.5) is 0 Å². The van der Waals surface area contributed by atoms with Crippen molar-refractivity contribution in [3.63, 3.8) is 0 Å². The van der Waals surface area contributed by atoms with E-state index in [0.717, 1.165) is 29.4 Å². The Morgan fingerprint density at radius 2 is 0.914 bits per heavy atom. The van der Waals surface area contributed by atoms with E-state index >= 15 is 9.59 Å². The molecule has 0 saturated carbocycles. The molecule has 0 aromatic heterocycles. The van der Waals surface area contributed by atoms with Crippen LogP contribution >= 0.6 is 0 Å². The number of Topliss-reactive ketones (excluding diaryl/α,β-unsaturated/α-hetero) is 2. The highest BCUT2D eigenvalue weighted by Crippen LogP contribution is 2.63. The molecule has 23 nitrogen and oxygen atoms in total. The molecule has 116 heavy (non-hydrogen) atoms. The summed E-state index contributed by atoms with van der Waals surface area (Å²) < 4.78 is 83.7. The van der Waals surface area contributed by atoms with E-state index in [9.17, 15) is 39.6 Å². The molecule has 2 fully saturated rings. The van der Waals surface area contributed by atoms with Gasteiger partial charge in [0, 0.05) is 70.8 Å². The fourth-order valence-corrected chi connectivity index (χ4v) is 29.2. The number of fused-ring (bicyclic) bond motifs is 4. The van der Waals surface area contributed by atoms with Gasteiger partial charge in [0.15, 0.2) is 59.3 Å². The fraction of sp³-hybridized carbons (Fsp3) is 0.640. The minimum absolute atomic E-state index is 0.00759. The molecular formula is C89H132O23Si4. The number of ether oxygens (including phenoxy) is 7. The molecule has 5 aromatic carbocycles. The highest BCUT2D eigenvalue weighted by molar-refractivity contribution is 6.77. The summed E-state index contributed by atoms with van der Waals surface area (Å²) in [5, 5.41) is 43.8. The van der Waals surface area contributed by atoms with Crippen LogP contribution in [0.25, 0.3) is 21.5 Å². The molecular weight excluding hydrogens is 1550 g/mol. The van der Waals surface area contributed by atoms with E-state index in [2.05, 4.69) is 151 Å². The Kier molecular flexibility index (Phi) is 26.6. The fourth-order valence-electron chi connectivity index (χ4n) is 17.7. The van der Waals surface area contributed by atoms with Crippen LogP contribution in [-0.2, 0) is 66.7 Å². The van der Waals surface area contributed by atoms with Crippen LogP contribution < -0.4 is 22.4 Å². The number of aliphatic hydroxyl groups excluding tert-OH is 2. The average molecular weight is 1680 g/mol. The molecule has 642 valence electrons. The third-order valence-electron chi connectivity index (χ3n) is 25.0. The van der Waals surface area contributed by atoms with Crippen LogP contribution in [0.3, 0.4) is 0 Å². The summed E-state index contributed by atoms with van der Waals surface area (Å²) in [5.74, 6) is 0.857. The number of aryl methyl sites for hydroxylation is 2.